The van der Waals surface area contributed by atoms with Gasteiger partial charge in [0.25, 0.3) is 0 Å². The van der Waals surface area contributed by atoms with Crippen molar-refractivity contribution >= 4 is 11.0 Å². The molecule has 66 valence electrons. The monoisotopic (exact) mass is 174 g/mol. The lowest BCUT2D eigenvalue weighted by molar-refractivity contribution is 0.419. The average Bonchev–Trinajstić information content (AvgIpc) is 2.16. The predicted octanol–water partition coefficient (Wildman–Crippen LogP) is 1.95. The summed E-state index contributed by atoms with van der Waals surface area (Å²) >= 11 is 0. The lowest BCUT2D eigenvalue weighted by Gasteiger charge is -2.04. The van der Waals surface area contributed by atoms with Gasteiger partial charge in [-0.1, -0.05) is 0 Å². The summed E-state index contributed by atoms with van der Waals surface area (Å²) in [6.45, 7) is 1.93. The maximum atomic E-state index is 5.23. The highest BCUT2D eigenvalue weighted by molar-refractivity contribution is 5.81. The van der Waals surface area contributed by atoms with Crippen molar-refractivity contribution < 1.29 is 4.74 Å². The van der Waals surface area contributed by atoms with E-state index in [0.717, 1.165) is 22.5 Å². The van der Waals surface area contributed by atoms with Gasteiger partial charge in [0.2, 0.25) is 0 Å². The highest BCUT2D eigenvalue weighted by Crippen LogP contribution is 2.22. The fraction of sp³-hybridized carbons (Fsp3) is 0.200. The van der Waals surface area contributed by atoms with Crippen molar-refractivity contribution in [2.45, 2.75) is 6.92 Å². The first-order chi connectivity index (χ1) is 6.31. The largest absolute Gasteiger partial charge is 0.496 e. The molecule has 2 aromatic heterocycles. The second-order valence-electron chi connectivity index (χ2n) is 2.84. The highest BCUT2D eigenvalue weighted by atomic mass is 16.5. The minimum absolute atomic E-state index is 0.736. The van der Waals surface area contributed by atoms with E-state index in [2.05, 4.69) is 9.97 Å². The Balaban J connectivity index is 2.81. The summed E-state index contributed by atoms with van der Waals surface area (Å²) in [5.74, 6) is 0.829. The van der Waals surface area contributed by atoms with Crippen molar-refractivity contribution in [2.24, 2.45) is 0 Å². The van der Waals surface area contributed by atoms with Crippen molar-refractivity contribution in [3.8, 4) is 5.75 Å². The first-order valence-electron chi connectivity index (χ1n) is 4.07. The molecule has 0 radical (unpaired) electrons. The first-order valence-corrected chi connectivity index (χ1v) is 4.07. The molecule has 0 saturated heterocycles. The maximum Gasteiger partial charge on any atom is 0.163 e. The van der Waals surface area contributed by atoms with Crippen LogP contribution < -0.4 is 4.74 Å². The molecule has 0 N–H and O–H groups in total. The van der Waals surface area contributed by atoms with Crippen LogP contribution in [-0.2, 0) is 0 Å². The van der Waals surface area contributed by atoms with Gasteiger partial charge in [-0.2, -0.15) is 0 Å². The van der Waals surface area contributed by atoms with E-state index in [1.165, 1.54) is 0 Å². The second-order valence-corrected chi connectivity index (χ2v) is 2.84. The van der Waals surface area contributed by atoms with Crippen molar-refractivity contribution in [2.75, 3.05) is 7.11 Å². The van der Waals surface area contributed by atoms with Crippen LogP contribution in [0.15, 0.2) is 24.4 Å². The molecule has 2 heterocycles. The number of hydrogen-bond acceptors (Lipinski definition) is 3. The number of ether oxygens (including phenoxy) is 1. The van der Waals surface area contributed by atoms with Crippen LogP contribution in [0, 0.1) is 6.92 Å². The molecule has 0 bridgehead atoms. The first kappa shape index (κ1) is 7.98. The molecule has 13 heavy (non-hydrogen) atoms. The molecule has 0 fully saturated rings. The second kappa shape index (κ2) is 3.01. The minimum atomic E-state index is 0.736. The third kappa shape index (κ3) is 1.33. The Morgan fingerprint density at radius 2 is 2.23 bits per heavy atom. The van der Waals surface area contributed by atoms with E-state index < -0.39 is 0 Å². The number of aryl methyl sites for hydroxylation is 1. The summed E-state index contributed by atoms with van der Waals surface area (Å²) in [5.41, 5.74) is 1.66. The standard InChI is InChI=1S/C10H10N2O/c1-7-6-9(13-2)8-4-3-5-11-10(8)12-7/h3-6H,1-2H3. The number of nitrogens with zero attached hydrogens (tertiary/aromatic N) is 2. The van der Waals surface area contributed by atoms with Gasteiger partial charge >= 0.3 is 0 Å². The lowest BCUT2D eigenvalue weighted by atomic mass is 10.2. The summed E-state index contributed by atoms with van der Waals surface area (Å²) in [4.78, 5) is 8.45. The Bertz CT molecular complexity index is 440. The van der Waals surface area contributed by atoms with Crippen LogP contribution in [0.4, 0.5) is 0 Å². The van der Waals surface area contributed by atoms with Crippen LogP contribution in [0.3, 0.4) is 0 Å². The molecule has 0 unspecified atom stereocenters. The number of aromatic nitrogens is 2. The van der Waals surface area contributed by atoms with Crippen molar-refractivity contribution in [1.82, 2.24) is 9.97 Å². The number of hydrogen-bond donors (Lipinski definition) is 0. The number of pyridine rings is 2. The molecule has 0 aliphatic heterocycles. The molecular weight excluding hydrogens is 164 g/mol. The van der Waals surface area contributed by atoms with Gasteiger partial charge in [0.1, 0.15) is 5.75 Å². The summed E-state index contributed by atoms with van der Waals surface area (Å²) < 4.78 is 5.23. The van der Waals surface area contributed by atoms with Gasteiger partial charge in [-0.3, -0.25) is 0 Å². The molecule has 0 amide bonds. The van der Waals surface area contributed by atoms with Crippen LogP contribution in [0.2, 0.25) is 0 Å². The quantitative estimate of drug-likeness (QED) is 0.662. The van der Waals surface area contributed by atoms with E-state index in [-0.39, 0.29) is 0 Å². The summed E-state index contributed by atoms with van der Waals surface area (Å²) in [7, 11) is 1.65. The summed E-state index contributed by atoms with van der Waals surface area (Å²) in [5, 5.41) is 0.954. The SMILES string of the molecule is COc1cc(C)nc2ncccc12. The third-order valence-electron chi connectivity index (χ3n) is 1.89. The van der Waals surface area contributed by atoms with Crippen LogP contribution in [0.1, 0.15) is 5.69 Å². The smallest absolute Gasteiger partial charge is 0.163 e. The molecule has 0 aliphatic rings. The Labute approximate surface area is 76.4 Å². The Morgan fingerprint density at radius 3 is 3.00 bits per heavy atom. The fourth-order valence-electron chi connectivity index (χ4n) is 1.31. The van der Waals surface area contributed by atoms with Gasteiger partial charge in [-0.05, 0) is 19.1 Å². The molecule has 2 rings (SSSR count). The molecule has 0 spiro atoms. The Kier molecular flexibility index (Phi) is 1.85. The van der Waals surface area contributed by atoms with Crippen LogP contribution in [0.5, 0.6) is 5.75 Å². The average molecular weight is 174 g/mol. The molecule has 3 heteroatoms. The Morgan fingerprint density at radius 1 is 1.38 bits per heavy atom. The van der Waals surface area contributed by atoms with Gasteiger partial charge in [0.05, 0.1) is 12.5 Å². The van der Waals surface area contributed by atoms with E-state index in [1.54, 1.807) is 13.3 Å². The molecule has 2 aromatic rings. The zero-order valence-electron chi connectivity index (χ0n) is 7.61. The van der Waals surface area contributed by atoms with E-state index in [1.807, 2.05) is 25.1 Å². The lowest BCUT2D eigenvalue weighted by Crippen LogP contribution is -1.91. The van der Waals surface area contributed by atoms with E-state index in [4.69, 9.17) is 4.74 Å². The predicted molar refractivity (Wildman–Crippen MR) is 50.8 cm³/mol. The number of rotatable bonds is 1. The van der Waals surface area contributed by atoms with Gasteiger partial charge < -0.3 is 4.74 Å². The van der Waals surface area contributed by atoms with E-state index in [9.17, 15) is 0 Å². The minimum Gasteiger partial charge on any atom is -0.496 e. The third-order valence-corrected chi connectivity index (χ3v) is 1.89. The molecule has 3 nitrogen and oxygen atoms in total. The van der Waals surface area contributed by atoms with Gasteiger partial charge in [0, 0.05) is 18.0 Å². The number of fused-ring (bicyclic) bond motifs is 1. The summed E-state index contributed by atoms with van der Waals surface area (Å²) in [6.07, 6.45) is 1.73. The normalized spacial score (nSPS) is 10.3. The summed E-state index contributed by atoms with van der Waals surface area (Å²) in [6, 6.07) is 5.74. The highest BCUT2D eigenvalue weighted by Gasteiger charge is 2.03. The molecule has 0 atom stereocenters. The van der Waals surface area contributed by atoms with Crippen molar-refractivity contribution in [1.29, 1.82) is 0 Å². The topological polar surface area (TPSA) is 35.0 Å². The molecule has 0 saturated carbocycles. The van der Waals surface area contributed by atoms with Gasteiger partial charge in [0.15, 0.2) is 5.65 Å². The van der Waals surface area contributed by atoms with E-state index >= 15 is 0 Å². The Hall–Kier alpha value is -1.64. The van der Waals surface area contributed by atoms with Crippen LogP contribution in [-0.4, -0.2) is 17.1 Å². The molecule has 0 aliphatic carbocycles. The van der Waals surface area contributed by atoms with Crippen LogP contribution >= 0.6 is 0 Å². The van der Waals surface area contributed by atoms with Gasteiger partial charge in [-0.15, -0.1) is 0 Å². The van der Waals surface area contributed by atoms with E-state index in [0.29, 0.717) is 0 Å². The van der Waals surface area contributed by atoms with Crippen molar-refractivity contribution in [3.63, 3.8) is 0 Å². The number of methoxy groups -OCH3 is 1. The van der Waals surface area contributed by atoms with Gasteiger partial charge in [-0.25, -0.2) is 9.97 Å². The maximum absolute atomic E-state index is 5.23. The van der Waals surface area contributed by atoms with Crippen molar-refractivity contribution in [3.05, 3.63) is 30.1 Å². The fourth-order valence-corrected chi connectivity index (χ4v) is 1.31. The molecule has 0 aromatic carbocycles. The zero-order valence-corrected chi connectivity index (χ0v) is 7.61. The van der Waals surface area contributed by atoms with Crippen LogP contribution in [0.25, 0.3) is 11.0 Å². The molecular formula is C10H10N2O. The zero-order chi connectivity index (χ0) is 9.26.